The largest absolute Gasteiger partial charge is 0.495 e. The van der Waals surface area contributed by atoms with E-state index in [0.717, 1.165) is 0 Å². The summed E-state index contributed by atoms with van der Waals surface area (Å²) in [5.74, 6) is -0.0523. The van der Waals surface area contributed by atoms with Crippen molar-refractivity contribution in [1.29, 1.82) is 0 Å². The number of anilines is 1. The van der Waals surface area contributed by atoms with Crippen LogP contribution in [0.4, 0.5) is 5.69 Å². The molecule has 7 nitrogen and oxygen atoms in total. The van der Waals surface area contributed by atoms with Gasteiger partial charge in [0, 0.05) is 18.4 Å². The quantitative estimate of drug-likeness (QED) is 0.832. The van der Waals surface area contributed by atoms with E-state index in [1.54, 1.807) is 32.2 Å². The molecule has 0 fully saturated rings. The zero-order valence-corrected chi connectivity index (χ0v) is 14.4. The molecule has 24 heavy (non-hydrogen) atoms. The Morgan fingerprint density at radius 1 is 1.25 bits per heavy atom. The molecule has 2 rings (SSSR count). The van der Waals surface area contributed by atoms with Crippen LogP contribution in [0.25, 0.3) is 0 Å². The Balaban J connectivity index is 2.35. The highest BCUT2D eigenvalue weighted by molar-refractivity contribution is 7.89. The van der Waals surface area contributed by atoms with E-state index in [1.807, 2.05) is 0 Å². The number of hydrogen-bond donors (Lipinski definition) is 2. The zero-order chi connectivity index (χ0) is 17.7. The number of ether oxygens (including phenoxy) is 1. The van der Waals surface area contributed by atoms with Gasteiger partial charge >= 0.3 is 0 Å². The van der Waals surface area contributed by atoms with Gasteiger partial charge in [-0.1, -0.05) is 0 Å². The van der Waals surface area contributed by atoms with E-state index in [0.29, 0.717) is 11.3 Å². The summed E-state index contributed by atoms with van der Waals surface area (Å²) in [6.45, 7) is 3.46. The maximum absolute atomic E-state index is 12.3. The van der Waals surface area contributed by atoms with Crippen LogP contribution in [0.15, 0.2) is 47.6 Å². The molecule has 0 aliphatic rings. The Morgan fingerprint density at radius 2 is 2.00 bits per heavy atom. The van der Waals surface area contributed by atoms with E-state index in [2.05, 4.69) is 15.0 Å². The third-order valence-electron chi connectivity index (χ3n) is 3.04. The van der Waals surface area contributed by atoms with Crippen molar-refractivity contribution in [3.8, 4) is 5.75 Å². The van der Waals surface area contributed by atoms with E-state index in [9.17, 15) is 13.2 Å². The number of amides is 1. The molecule has 8 heteroatoms. The van der Waals surface area contributed by atoms with Gasteiger partial charge in [0.05, 0.1) is 23.3 Å². The number of pyridine rings is 1. The Hall–Kier alpha value is -2.45. The molecule has 0 unspecified atom stereocenters. The number of nitrogens with zero attached hydrogens (tertiary/aromatic N) is 1. The van der Waals surface area contributed by atoms with Gasteiger partial charge in [-0.25, -0.2) is 13.1 Å². The van der Waals surface area contributed by atoms with Crippen LogP contribution in [0.1, 0.15) is 24.2 Å². The molecule has 1 aromatic carbocycles. The number of nitrogens with one attached hydrogen (secondary N) is 2. The normalized spacial score (nSPS) is 11.3. The van der Waals surface area contributed by atoms with Gasteiger partial charge in [-0.15, -0.1) is 0 Å². The molecular weight excluding hydrogens is 330 g/mol. The summed E-state index contributed by atoms with van der Waals surface area (Å²) in [4.78, 5) is 16.2. The van der Waals surface area contributed by atoms with E-state index >= 15 is 0 Å². The summed E-state index contributed by atoms with van der Waals surface area (Å²) >= 11 is 0. The number of benzene rings is 1. The van der Waals surface area contributed by atoms with E-state index < -0.39 is 15.9 Å². The highest BCUT2D eigenvalue weighted by Gasteiger charge is 2.18. The van der Waals surface area contributed by atoms with Crippen LogP contribution in [0.3, 0.4) is 0 Å². The topological polar surface area (TPSA) is 97.4 Å². The number of rotatable bonds is 6. The van der Waals surface area contributed by atoms with Crippen molar-refractivity contribution < 1.29 is 17.9 Å². The standard InChI is InChI=1S/C16H19N3O4S/c1-11(2)19-24(21,22)13-6-7-15(23-3)14(9-13)18-16(20)12-5-4-8-17-10-12/h4-11,19H,1-3H3,(H,18,20). The fourth-order valence-electron chi connectivity index (χ4n) is 2.02. The number of carbonyl (C=O) groups excluding carboxylic acids is 1. The molecule has 1 aromatic heterocycles. The molecule has 2 aromatic rings. The van der Waals surface area contributed by atoms with Crippen LogP contribution in [-0.2, 0) is 10.0 Å². The van der Waals surface area contributed by atoms with Gasteiger partial charge in [0.25, 0.3) is 5.91 Å². The van der Waals surface area contributed by atoms with Crippen LogP contribution < -0.4 is 14.8 Å². The van der Waals surface area contributed by atoms with Gasteiger partial charge in [0.1, 0.15) is 5.75 Å². The Labute approximate surface area is 141 Å². The number of hydrogen-bond acceptors (Lipinski definition) is 5. The van der Waals surface area contributed by atoms with Crippen LogP contribution in [0.2, 0.25) is 0 Å². The third-order valence-corrected chi connectivity index (χ3v) is 4.70. The fraction of sp³-hybridized carbons (Fsp3) is 0.250. The van der Waals surface area contributed by atoms with Crippen molar-refractivity contribution >= 4 is 21.6 Å². The van der Waals surface area contributed by atoms with Crippen molar-refractivity contribution in [2.45, 2.75) is 24.8 Å². The lowest BCUT2D eigenvalue weighted by atomic mass is 10.2. The summed E-state index contributed by atoms with van der Waals surface area (Å²) in [7, 11) is -2.24. The molecule has 0 aliphatic heterocycles. The monoisotopic (exact) mass is 349 g/mol. The molecule has 0 spiro atoms. The summed E-state index contributed by atoms with van der Waals surface area (Å²) in [6, 6.07) is 7.27. The minimum absolute atomic E-state index is 0.0403. The summed E-state index contributed by atoms with van der Waals surface area (Å²) in [5, 5.41) is 2.65. The Bertz CT molecular complexity index is 820. The summed E-state index contributed by atoms with van der Waals surface area (Å²) in [6.07, 6.45) is 2.98. The Morgan fingerprint density at radius 3 is 2.58 bits per heavy atom. The van der Waals surface area contributed by atoms with Gasteiger partial charge in [-0.2, -0.15) is 0 Å². The van der Waals surface area contributed by atoms with E-state index in [1.165, 1.54) is 31.5 Å². The average Bonchev–Trinajstić information content (AvgIpc) is 2.54. The van der Waals surface area contributed by atoms with Crippen LogP contribution >= 0.6 is 0 Å². The van der Waals surface area contributed by atoms with E-state index in [-0.39, 0.29) is 16.6 Å². The first-order valence-corrected chi connectivity index (χ1v) is 8.73. The SMILES string of the molecule is COc1ccc(S(=O)(=O)NC(C)C)cc1NC(=O)c1cccnc1. The predicted molar refractivity (Wildman–Crippen MR) is 90.6 cm³/mol. The first-order valence-electron chi connectivity index (χ1n) is 7.25. The van der Waals surface area contributed by atoms with Crippen molar-refractivity contribution in [3.05, 3.63) is 48.3 Å². The summed E-state index contributed by atoms with van der Waals surface area (Å²) in [5.41, 5.74) is 0.617. The molecule has 1 amide bonds. The maximum Gasteiger partial charge on any atom is 0.257 e. The second-order valence-electron chi connectivity index (χ2n) is 5.33. The van der Waals surface area contributed by atoms with E-state index in [4.69, 9.17) is 4.74 Å². The first-order chi connectivity index (χ1) is 11.3. The molecule has 0 radical (unpaired) electrons. The van der Waals surface area contributed by atoms with Crippen molar-refractivity contribution in [2.75, 3.05) is 12.4 Å². The lowest BCUT2D eigenvalue weighted by Crippen LogP contribution is -2.30. The molecule has 1 heterocycles. The zero-order valence-electron chi connectivity index (χ0n) is 13.6. The number of aromatic nitrogens is 1. The van der Waals surface area contributed by atoms with Gasteiger partial charge < -0.3 is 10.1 Å². The molecule has 0 atom stereocenters. The van der Waals surface area contributed by atoms with Gasteiger partial charge in [0.15, 0.2) is 0 Å². The molecule has 0 saturated heterocycles. The molecule has 2 N–H and O–H groups in total. The van der Waals surface area contributed by atoms with Crippen LogP contribution in [0, 0.1) is 0 Å². The highest BCUT2D eigenvalue weighted by atomic mass is 32.2. The fourth-order valence-corrected chi connectivity index (χ4v) is 3.30. The molecule has 128 valence electrons. The number of carbonyl (C=O) groups is 1. The van der Waals surface area contributed by atoms with Crippen molar-refractivity contribution in [2.24, 2.45) is 0 Å². The number of sulfonamides is 1. The van der Waals surface area contributed by atoms with Gasteiger partial charge in [-0.05, 0) is 44.2 Å². The second kappa shape index (κ2) is 7.41. The minimum atomic E-state index is -3.68. The van der Waals surface area contributed by atoms with Crippen LogP contribution in [0.5, 0.6) is 5.75 Å². The molecule has 0 bridgehead atoms. The van der Waals surface area contributed by atoms with Crippen LogP contribution in [-0.4, -0.2) is 32.5 Å². The van der Waals surface area contributed by atoms with Gasteiger partial charge in [0.2, 0.25) is 10.0 Å². The average molecular weight is 349 g/mol. The lowest BCUT2D eigenvalue weighted by Gasteiger charge is -2.14. The van der Waals surface area contributed by atoms with Gasteiger partial charge in [-0.3, -0.25) is 9.78 Å². The lowest BCUT2D eigenvalue weighted by molar-refractivity contribution is 0.102. The minimum Gasteiger partial charge on any atom is -0.495 e. The molecule has 0 saturated carbocycles. The maximum atomic E-state index is 12.3. The summed E-state index contributed by atoms with van der Waals surface area (Å²) < 4.78 is 32.2. The first kappa shape index (κ1) is 17.9. The van der Waals surface area contributed by atoms with Crippen molar-refractivity contribution in [1.82, 2.24) is 9.71 Å². The highest BCUT2D eigenvalue weighted by Crippen LogP contribution is 2.28. The molecule has 0 aliphatic carbocycles. The predicted octanol–water partition coefficient (Wildman–Crippen LogP) is 2.03. The van der Waals surface area contributed by atoms with Crippen molar-refractivity contribution in [3.63, 3.8) is 0 Å². The second-order valence-corrected chi connectivity index (χ2v) is 7.05. The Kier molecular flexibility index (Phi) is 5.53. The smallest absolute Gasteiger partial charge is 0.257 e. The third kappa shape index (κ3) is 4.30. The molecular formula is C16H19N3O4S. The number of methoxy groups -OCH3 is 1.